The normalized spacial score (nSPS) is 23.2. The van der Waals surface area contributed by atoms with Crippen molar-refractivity contribution in [3.63, 3.8) is 0 Å². The van der Waals surface area contributed by atoms with Gasteiger partial charge in [-0.15, -0.1) is 0 Å². The number of unbranched alkanes of at least 4 members (excludes halogenated alkanes) is 4. The second-order valence-electron chi connectivity index (χ2n) is 9.47. The maximum absolute atomic E-state index is 11.6. The summed E-state index contributed by atoms with van der Waals surface area (Å²) >= 11 is -7.28. The SMILES string of the molecule is CCC[CH2][Sn]1([CH2]CCC)[O]C(=O)CC(O)C(=O)[O]1.CCC[CH2][Sn]1([CH2]CCC)[O]C(=O)CC(O)C(=O)[O]1. The summed E-state index contributed by atoms with van der Waals surface area (Å²) < 4.78 is 24.8. The summed E-state index contributed by atoms with van der Waals surface area (Å²) in [6, 6.07) is 0. The van der Waals surface area contributed by atoms with E-state index < -0.39 is 74.5 Å². The van der Waals surface area contributed by atoms with Crippen LogP contribution in [-0.4, -0.2) is 84.7 Å². The van der Waals surface area contributed by atoms with E-state index in [4.69, 9.17) is 12.3 Å². The zero-order valence-electron chi connectivity index (χ0n) is 22.2. The number of rotatable bonds is 12. The van der Waals surface area contributed by atoms with E-state index in [9.17, 15) is 29.4 Å². The number of carbonyl (C=O) groups is 4. The van der Waals surface area contributed by atoms with E-state index >= 15 is 0 Å². The van der Waals surface area contributed by atoms with Crippen LogP contribution < -0.4 is 0 Å². The van der Waals surface area contributed by atoms with Gasteiger partial charge in [0.1, 0.15) is 0 Å². The van der Waals surface area contributed by atoms with Gasteiger partial charge in [0.25, 0.3) is 0 Å². The van der Waals surface area contributed by atoms with Crippen LogP contribution in [0.1, 0.15) is 91.9 Å². The predicted molar refractivity (Wildman–Crippen MR) is 136 cm³/mol. The van der Waals surface area contributed by atoms with E-state index in [-0.39, 0.29) is 12.8 Å². The number of aliphatic hydroxyl groups excluding tert-OH is 2. The molecule has 0 saturated carbocycles. The van der Waals surface area contributed by atoms with E-state index in [1.165, 1.54) is 0 Å². The molecule has 2 heterocycles. The van der Waals surface area contributed by atoms with Gasteiger partial charge >= 0.3 is 226 Å². The van der Waals surface area contributed by atoms with Crippen LogP contribution in [0.2, 0.25) is 17.7 Å². The van der Waals surface area contributed by atoms with Crippen LogP contribution in [0, 0.1) is 0 Å². The van der Waals surface area contributed by atoms with Gasteiger partial charge in [0.2, 0.25) is 0 Å². The molecule has 0 spiro atoms. The van der Waals surface area contributed by atoms with Gasteiger partial charge < -0.3 is 0 Å². The van der Waals surface area contributed by atoms with Gasteiger partial charge in [-0.25, -0.2) is 0 Å². The quantitative estimate of drug-likeness (QED) is 0.285. The number of hydrogen-bond donors (Lipinski definition) is 2. The van der Waals surface area contributed by atoms with E-state index in [1.54, 1.807) is 0 Å². The van der Waals surface area contributed by atoms with Gasteiger partial charge in [-0.1, -0.05) is 0 Å². The Kier molecular flexibility index (Phi) is 15.9. The van der Waals surface area contributed by atoms with Crippen molar-refractivity contribution >= 4 is 62.3 Å². The van der Waals surface area contributed by atoms with Gasteiger partial charge in [0.05, 0.1) is 0 Å². The molecule has 2 aliphatic rings. The molecule has 0 aromatic carbocycles. The Morgan fingerprint density at radius 3 is 1.11 bits per heavy atom. The van der Waals surface area contributed by atoms with Crippen molar-refractivity contribution in [3.05, 3.63) is 0 Å². The van der Waals surface area contributed by atoms with Crippen LogP contribution in [0.4, 0.5) is 0 Å². The van der Waals surface area contributed by atoms with E-state index in [0.29, 0.717) is 17.7 Å². The summed E-state index contributed by atoms with van der Waals surface area (Å²) in [5, 5.41) is 18.9. The number of hydrogen-bond acceptors (Lipinski definition) is 10. The molecule has 0 amide bonds. The minimum absolute atomic E-state index is 0.268. The van der Waals surface area contributed by atoms with Gasteiger partial charge in [-0.05, 0) is 0 Å². The molecular formula is C24H44O10Sn2. The Labute approximate surface area is 224 Å². The standard InChI is InChI=1S/2C4H6O5.4C4H9.2Sn/c2*5-2(4(8)9)1-3(6)7;4*1-3-4-2;;/h2*2,5H,1H2,(H,6,7)(H,8,9);4*1,3-4H2,2H3;;/q;;;;;;2*+2/p-4. The molecule has 208 valence electrons. The van der Waals surface area contributed by atoms with Crippen molar-refractivity contribution in [2.75, 3.05) is 0 Å². The second kappa shape index (κ2) is 17.1. The second-order valence-corrected chi connectivity index (χ2v) is 27.9. The van der Waals surface area contributed by atoms with Gasteiger partial charge in [0.15, 0.2) is 0 Å². The predicted octanol–water partition coefficient (Wildman–Crippen LogP) is 3.76. The summed E-state index contributed by atoms with van der Waals surface area (Å²) in [7, 11) is 0. The molecule has 12 heteroatoms. The molecular weight excluding hydrogens is 686 g/mol. The first-order chi connectivity index (χ1) is 17.1. The fourth-order valence-corrected chi connectivity index (χ4v) is 23.9. The van der Waals surface area contributed by atoms with Crippen molar-refractivity contribution in [2.45, 2.75) is 122 Å². The Morgan fingerprint density at radius 1 is 0.583 bits per heavy atom. The number of aliphatic hydroxyl groups is 2. The molecule has 0 aromatic heterocycles. The third-order valence-corrected chi connectivity index (χ3v) is 25.5. The first-order valence-electron chi connectivity index (χ1n) is 13.3. The minimum atomic E-state index is -3.64. The average molecular weight is 730 g/mol. The summed E-state index contributed by atoms with van der Waals surface area (Å²) in [4.78, 5) is 46.5. The van der Waals surface area contributed by atoms with Crippen molar-refractivity contribution < 1.29 is 41.7 Å². The fraction of sp³-hybridized carbons (Fsp3) is 0.833. The van der Waals surface area contributed by atoms with Crippen LogP contribution >= 0.6 is 0 Å². The van der Waals surface area contributed by atoms with Crippen molar-refractivity contribution in [1.82, 2.24) is 0 Å². The molecule has 0 aliphatic carbocycles. The average Bonchev–Trinajstić information content (AvgIpc) is 3.01. The molecule has 0 aromatic rings. The molecule has 2 aliphatic heterocycles. The first-order valence-corrected chi connectivity index (χ1v) is 26.0. The Balaban J connectivity index is 0.000000360. The van der Waals surface area contributed by atoms with Crippen LogP contribution in [0.5, 0.6) is 0 Å². The molecule has 36 heavy (non-hydrogen) atoms. The molecule has 10 nitrogen and oxygen atoms in total. The molecule has 2 rings (SSSR count). The molecule has 2 N–H and O–H groups in total. The van der Waals surface area contributed by atoms with Crippen LogP contribution in [0.3, 0.4) is 0 Å². The van der Waals surface area contributed by atoms with Gasteiger partial charge in [-0.3, -0.25) is 0 Å². The van der Waals surface area contributed by atoms with Crippen LogP contribution in [0.25, 0.3) is 0 Å². The summed E-state index contributed by atoms with van der Waals surface area (Å²) in [6.45, 7) is 8.20. The third kappa shape index (κ3) is 11.4. The Morgan fingerprint density at radius 2 is 0.861 bits per heavy atom. The number of carbonyl (C=O) groups excluding carboxylic acids is 4. The Hall–Kier alpha value is -0.603. The molecule has 2 fully saturated rings. The van der Waals surface area contributed by atoms with Crippen LogP contribution in [-0.2, 0) is 31.5 Å². The molecule has 2 unspecified atom stereocenters. The van der Waals surface area contributed by atoms with Gasteiger partial charge in [0, 0.05) is 0 Å². The van der Waals surface area contributed by atoms with E-state index in [0.717, 1.165) is 51.4 Å². The maximum atomic E-state index is 11.6. The van der Waals surface area contributed by atoms with Gasteiger partial charge in [-0.2, -0.15) is 0 Å². The van der Waals surface area contributed by atoms with Crippen LogP contribution in [0.15, 0.2) is 0 Å². The van der Waals surface area contributed by atoms with Crippen molar-refractivity contribution in [2.24, 2.45) is 0 Å². The summed E-state index contributed by atoms with van der Waals surface area (Å²) in [5.74, 6) is -2.28. The molecule has 2 atom stereocenters. The third-order valence-electron chi connectivity index (χ3n) is 6.08. The molecule has 0 radical (unpaired) electrons. The topological polar surface area (TPSA) is 146 Å². The molecule has 2 saturated heterocycles. The van der Waals surface area contributed by atoms with Crippen molar-refractivity contribution in [1.29, 1.82) is 0 Å². The monoisotopic (exact) mass is 732 g/mol. The fourth-order valence-electron chi connectivity index (χ4n) is 3.97. The summed E-state index contributed by atoms with van der Waals surface area (Å²) in [5.41, 5.74) is 0. The first kappa shape index (κ1) is 33.4. The zero-order chi connectivity index (χ0) is 27.2. The Bertz CT molecular complexity index is 654. The van der Waals surface area contributed by atoms with E-state index in [2.05, 4.69) is 27.7 Å². The van der Waals surface area contributed by atoms with Crippen molar-refractivity contribution in [3.8, 4) is 0 Å². The zero-order valence-corrected chi connectivity index (χ0v) is 27.9. The van der Waals surface area contributed by atoms with E-state index in [1.807, 2.05) is 0 Å². The molecule has 0 bridgehead atoms. The summed E-state index contributed by atoms with van der Waals surface area (Å²) in [6.07, 6.45) is 4.26.